The van der Waals surface area contributed by atoms with E-state index in [1.165, 1.54) is 18.3 Å². The summed E-state index contributed by atoms with van der Waals surface area (Å²) >= 11 is 1.27. The summed E-state index contributed by atoms with van der Waals surface area (Å²) in [7, 11) is 0. The van der Waals surface area contributed by atoms with Gasteiger partial charge in [-0.05, 0) is 50.2 Å². The summed E-state index contributed by atoms with van der Waals surface area (Å²) in [4.78, 5) is 36.4. The molecule has 1 N–H and O–H groups in total. The summed E-state index contributed by atoms with van der Waals surface area (Å²) in [6, 6.07) is 10.00. The van der Waals surface area contributed by atoms with Crippen LogP contribution in [0.3, 0.4) is 0 Å². The molecule has 26 heavy (non-hydrogen) atoms. The Hall–Kier alpha value is -2.67. The highest BCUT2D eigenvalue weighted by molar-refractivity contribution is 7.14. The van der Waals surface area contributed by atoms with E-state index in [9.17, 15) is 14.4 Å². The Morgan fingerprint density at radius 1 is 1.08 bits per heavy atom. The summed E-state index contributed by atoms with van der Waals surface area (Å²) in [6.45, 7) is 5.31. The number of ether oxygens (including phenoxy) is 2. The van der Waals surface area contributed by atoms with E-state index < -0.39 is 5.97 Å². The van der Waals surface area contributed by atoms with Crippen molar-refractivity contribution in [3.05, 3.63) is 51.7 Å². The minimum absolute atomic E-state index is 0.0479. The standard InChI is InChI=1S/C19H21NO5S/c1-12(2)25-15-6-4-14(5-7-15)19(23)24-11-17(22)18-9-8-16(26-18)10-20-13(3)21/h4-9,12H,10-11H2,1-3H3,(H,20,21). The van der Waals surface area contributed by atoms with Gasteiger partial charge in [0.15, 0.2) is 6.61 Å². The van der Waals surface area contributed by atoms with E-state index in [1.54, 1.807) is 36.4 Å². The lowest BCUT2D eigenvalue weighted by Crippen LogP contribution is -2.18. The van der Waals surface area contributed by atoms with E-state index in [4.69, 9.17) is 9.47 Å². The van der Waals surface area contributed by atoms with Crippen LogP contribution in [0.5, 0.6) is 5.75 Å². The second kappa shape index (κ2) is 9.15. The number of nitrogens with one attached hydrogen (secondary N) is 1. The predicted molar refractivity (Wildman–Crippen MR) is 98.7 cm³/mol. The quantitative estimate of drug-likeness (QED) is 0.566. The lowest BCUT2D eigenvalue weighted by Gasteiger charge is -2.09. The van der Waals surface area contributed by atoms with Gasteiger partial charge in [0.05, 0.1) is 23.1 Å². The molecule has 1 heterocycles. The molecule has 2 aromatic rings. The van der Waals surface area contributed by atoms with E-state index in [2.05, 4.69) is 5.32 Å². The van der Waals surface area contributed by atoms with Crippen LogP contribution in [0, 0.1) is 0 Å². The van der Waals surface area contributed by atoms with Crippen LogP contribution in [-0.2, 0) is 16.1 Å². The highest BCUT2D eigenvalue weighted by Gasteiger charge is 2.14. The summed E-state index contributed by atoms with van der Waals surface area (Å²) in [6.07, 6.45) is 0.0479. The zero-order chi connectivity index (χ0) is 19.1. The summed E-state index contributed by atoms with van der Waals surface area (Å²) in [5.74, 6) is -0.315. The first-order valence-corrected chi connectivity index (χ1v) is 8.97. The van der Waals surface area contributed by atoms with Crippen LogP contribution in [0.1, 0.15) is 45.7 Å². The zero-order valence-corrected chi connectivity index (χ0v) is 15.7. The Kier molecular flexibility index (Phi) is 6.91. The number of esters is 1. The Morgan fingerprint density at radius 3 is 2.38 bits per heavy atom. The molecule has 0 saturated heterocycles. The van der Waals surface area contributed by atoms with Crippen LogP contribution < -0.4 is 10.1 Å². The topological polar surface area (TPSA) is 81.7 Å². The van der Waals surface area contributed by atoms with Gasteiger partial charge in [0.1, 0.15) is 5.75 Å². The van der Waals surface area contributed by atoms with Crippen LogP contribution >= 0.6 is 11.3 Å². The van der Waals surface area contributed by atoms with Crippen molar-refractivity contribution in [2.75, 3.05) is 6.61 Å². The van der Waals surface area contributed by atoms with E-state index in [-0.39, 0.29) is 24.4 Å². The molecule has 7 heteroatoms. The molecule has 1 amide bonds. The molecule has 0 saturated carbocycles. The molecule has 1 aromatic heterocycles. The molecular formula is C19H21NO5S. The van der Waals surface area contributed by atoms with E-state index >= 15 is 0 Å². The third kappa shape index (κ3) is 6.00. The van der Waals surface area contributed by atoms with Crippen LogP contribution in [0.15, 0.2) is 36.4 Å². The molecule has 0 aliphatic rings. The van der Waals surface area contributed by atoms with Crippen molar-refractivity contribution in [3.63, 3.8) is 0 Å². The van der Waals surface area contributed by atoms with Gasteiger partial charge in [-0.25, -0.2) is 4.79 Å². The highest BCUT2D eigenvalue weighted by atomic mass is 32.1. The number of hydrogen-bond acceptors (Lipinski definition) is 6. The van der Waals surface area contributed by atoms with E-state index in [1.807, 2.05) is 13.8 Å². The zero-order valence-electron chi connectivity index (χ0n) is 14.9. The van der Waals surface area contributed by atoms with Crippen molar-refractivity contribution in [2.24, 2.45) is 0 Å². The molecule has 0 bridgehead atoms. The number of ketones is 1. The molecule has 2 rings (SSSR count). The number of Topliss-reactive ketones (excluding diaryl/α,β-unsaturated/α-hetero) is 1. The van der Waals surface area contributed by atoms with Crippen molar-refractivity contribution < 1.29 is 23.9 Å². The number of amides is 1. The summed E-state index contributed by atoms with van der Waals surface area (Å²) in [5, 5.41) is 2.67. The number of thiophene rings is 1. The molecule has 0 aliphatic carbocycles. The fourth-order valence-electron chi connectivity index (χ4n) is 2.06. The maximum atomic E-state index is 12.1. The first-order valence-electron chi connectivity index (χ1n) is 8.15. The number of rotatable bonds is 8. The molecule has 1 aromatic carbocycles. The van der Waals surface area contributed by atoms with Gasteiger partial charge in [-0.3, -0.25) is 9.59 Å². The fourth-order valence-corrected chi connectivity index (χ4v) is 2.93. The molecule has 0 unspecified atom stereocenters. The van der Waals surface area contributed by atoms with E-state index in [0.717, 1.165) is 4.88 Å². The lowest BCUT2D eigenvalue weighted by molar-refractivity contribution is -0.119. The normalized spacial score (nSPS) is 10.5. The second-order valence-electron chi connectivity index (χ2n) is 5.87. The first kappa shape index (κ1) is 19.7. The number of carbonyl (C=O) groups excluding carboxylic acids is 3. The highest BCUT2D eigenvalue weighted by Crippen LogP contribution is 2.18. The average molecular weight is 375 g/mol. The van der Waals surface area contributed by atoms with Crippen molar-refractivity contribution in [3.8, 4) is 5.75 Å². The van der Waals surface area contributed by atoms with Gasteiger partial charge in [0, 0.05) is 11.8 Å². The van der Waals surface area contributed by atoms with E-state index in [0.29, 0.717) is 22.7 Å². The molecule has 0 spiro atoms. The number of carbonyl (C=O) groups is 3. The lowest BCUT2D eigenvalue weighted by atomic mass is 10.2. The van der Waals surface area contributed by atoms with Gasteiger partial charge < -0.3 is 14.8 Å². The number of benzene rings is 1. The fraction of sp³-hybridized carbons (Fsp3) is 0.316. The maximum absolute atomic E-state index is 12.1. The Morgan fingerprint density at radius 2 is 1.77 bits per heavy atom. The maximum Gasteiger partial charge on any atom is 0.338 e. The summed E-state index contributed by atoms with van der Waals surface area (Å²) in [5.41, 5.74) is 0.353. The minimum Gasteiger partial charge on any atom is -0.491 e. The van der Waals surface area contributed by atoms with Gasteiger partial charge in [0.2, 0.25) is 11.7 Å². The Balaban J connectivity index is 1.86. The van der Waals surface area contributed by atoms with Crippen molar-refractivity contribution in [1.29, 1.82) is 0 Å². The monoisotopic (exact) mass is 375 g/mol. The molecule has 0 atom stereocenters. The summed E-state index contributed by atoms with van der Waals surface area (Å²) < 4.78 is 10.6. The third-order valence-electron chi connectivity index (χ3n) is 3.24. The Labute approximate surface area is 156 Å². The van der Waals surface area contributed by atoms with Gasteiger partial charge in [0.25, 0.3) is 0 Å². The van der Waals surface area contributed by atoms with Gasteiger partial charge >= 0.3 is 5.97 Å². The van der Waals surface area contributed by atoms with Crippen molar-refractivity contribution in [2.45, 2.75) is 33.4 Å². The van der Waals surface area contributed by atoms with Gasteiger partial charge in [-0.1, -0.05) is 0 Å². The van der Waals surface area contributed by atoms with Crippen LogP contribution in [0.2, 0.25) is 0 Å². The third-order valence-corrected chi connectivity index (χ3v) is 4.37. The van der Waals surface area contributed by atoms with Crippen LogP contribution in [0.4, 0.5) is 0 Å². The average Bonchev–Trinajstić information content (AvgIpc) is 3.07. The van der Waals surface area contributed by atoms with Gasteiger partial charge in [-0.2, -0.15) is 0 Å². The first-order chi connectivity index (χ1) is 12.3. The largest absolute Gasteiger partial charge is 0.491 e. The van der Waals surface area contributed by atoms with Crippen molar-refractivity contribution >= 4 is 29.0 Å². The number of hydrogen-bond donors (Lipinski definition) is 1. The molecule has 0 aliphatic heterocycles. The SMILES string of the molecule is CC(=O)NCc1ccc(C(=O)COC(=O)c2ccc(OC(C)C)cc2)s1. The molecule has 6 nitrogen and oxygen atoms in total. The van der Waals surface area contributed by atoms with Crippen LogP contribution in [0.25, 0.3) is 0 Å². The molecule has 0 fully saturated rings. The minimum atomic E-state index is -0.565. The molecule has 138 valence electrons. The Bertz CT molecular complexity index is 779. The molecular weight excluding hydrogens is 354 g/mol. The molecule has 0 radical (unpaired) electrons. The predicted octanol–water partition coefficient (Wildman–Crippen LogP) is 3.21. The second-order valence-corrected chi connectivity index (χ2v) is 7.03. The smallest absolute Gasteiger partial charge is 0.338 e. The van der Waals surface area contributed by atoms with Crippen LogP contribution in [-0.4, -0.2) is 30.4 Å². The van der Waals surface area contributed by atoms with Gasteiger partial charge in [-0.15, -0.1) is 11.3 Å². The van der Waals surface area contributed by atoms with Crippen molar-refractivity contribution in [1.82, 2.24) is 5.32 Å².